The number of thiophene rings is 1. The SMILES string of the molecule is CC1NCCN(C(=O)CCCc2cccs2)C1C. The van der Waals surface area contributed by atoms with Crippen molar-refractivity contribution in [2.45, 2.75) is 45.2 Å². The highest BCUT2D eigenvalue weighted by Gasteiger charge is 2.27. The first-order valence-corrected chi connectivity index (χ1v) is 7.61. The standard InChI is InChI=1S/C14H22N2OS/c1-11-12(2)16(9-8-15-11)14(17)7-3-5-13-6-4-10-18-13/h4,6,10-12,15H,3,5,7-9H2,1-2H3. The molecule has 0 radical (unpaired) electrons. The molecule has 1 amide bonds. The van der Waals surface area contributed by atoms with Gasteiger partial charge in [0.2, 0.25) is 5.91 Å². The number of hydrogen-bond acceptors (Lipinski definition) is 3. The minimum atomic E-state index is 0.312. The van der Waals surface area contributed by atoms with Crippen molar-refractivity contribution in [3.8, 4) is 0 Å². The van der Waals surface area contributed by atoms with Gasteiger partial charge in [0.1, 0.15) is 0 Å². The molecule has 1 aromatic heterocycles. The van der Waals surface area contributed by atoms with Gasteiger partial charge in [-0.25, -0.2) is 0 Å². The highest BCUT2D eigenvalue weighted by atomic mass is 32.1. The van der Waals surface area contributed by atoms with E-state index in [9.17, 15) is 4.79 Å². The molecule has 1 aliphatic rings. The number of nitrogens with zero attached hydrogens (tertiary/aromatic N) is 1. The Hall–Kier alpha value is -0.870. The van der Waals surface area contributed by atoms with E-state index in [1.165, 1.54) is 4.88 Å². The third-order valence-electron chi connectivity index (χ3n) is 3.75. The summed E-state index contributed by atoms with van der Waals surface area (Å²) in [4.78, 5) is 15.6. The molecule has 0 saturated carbocycles. The van der Waals surface area contributed by atoms with Crippen LogP contribution in [0.2, 0.25) is 0 Å². The number of amides is 1. The quantitative estimate of drug-likeness (QED) is 0.907. The molecular weight excluding hydrogens is 244 g/mol. The van der Waals surface area contributed by atoms with Gasteiger partial charge in [0.25, 0.3) is 0 Å². The van der Waals surface area contributed by atoms with Gasteiger partial charge < -0.3 is 10.2 Å². The van der Waals surface area contributed by atoms with E-state index in [0.717, 1.165) is 25.9 Å². The van der Waals surface area contributed by atoms with Crippen LogP contribution in [0, 0.1) is 0 Å². The van der Waals surface area contributed by atoms with Crippen LogP contribution in [-0.2, 0) is 11.2 Å². The van der Waals surface area contributed by atoms with Gasteiger partial charge in [0.15, 0.2) is 0 Å². The second-order valence-electron chi connectivity index (χ2n) is 5.00. The van der Waals surface area contributed by atoms with Crippen molar-refractivity contribution >= 4 is 17.2 Å². The Kier molecular flexibility index (Phi) is 4.78. The summed E-state index contributed by atoms with van der Waals surface area (Å²) in [5, 5.41) is 5.50. The van der Waals surface area contributed by atoms with E-state index in [0.29, 0.717) is 24.4 Å². The average molecular weight is 266 g/mol. The predicted molar refractivity (Wildman–Crippen MR) is 75.9 cm³/mol. The van der Waals surface area contributed by atoms with Crippen LogP contribution >= 0.6 is 11.3 Å². The summed E-state index contributed by atoms with van der Waals surface area (Å²) in [7, 11) is 0. The van der Waals surface area contributed by atoms with Gasteiger partial charge in [-0.2, -0.15) is 0 Å². The number of carbonyl (C=O) groups excluding carboxylic acids is 1. The molecule has 2 rings (SSSR count). The summed E-state index contributed by atoms with van der Waals surface area (Å²) in [5.74, 6) is 0.312. The molecule has 0 aromatic carbocycles. The first kappa shape index (κ1) is 13.6. The van der Waals surface area contributed by atoms with Crippen molar-refractivity contribution in [3.63, 3.8) is 0 Å². The summed E-state index contributed by atoms with van der Waals surface area (Å²) in [6.45, 7) is 6.05. The van der Waals surface area contributed by atoms with Crippen molar-refractivity contribution in [2.24, 2.45) is 0 Å². The van der Waals surface area contributed by atoms with Gasteiger partial charge in [-0.05, 0) is 38.1 Å². The third kappa shape index (κ3) is 3.33. The zero-order chi connectivity index (χ0) is 13.0. The van der Waals surface area contributed by atoms with Crippen molar-refractivity contribution in [1.82, 2.24) is 10.2 Å². The number of rotatable bonds is 4. The van der Waals surface area contributed by atoms with Crippen LogP contribution in [0.15, 0.2) is 17.5 Å². The molecule has 4 heteroatoms. The van der Waals surface area contributed by atoms with Crippen LogP contribution in [0.25, 0.3) is 0 Å². The normalized spacial score (nSPS) is 24.2. The smallest absolute Gasteiger partial charge is 0.222 e. The van der Waals surface area contributed by atoms with Gasteiger partial charge in [0.05, 0.1) is 0 Å². The molecule has 18 heavy (non-hydrogen) atoms. The summed E-state index contributed by atoms with van der Waals surface area (Å²) < 4.78 is 0. The number of piperazine rings is 1. The molecule has 2 heterocycles. The van der Waals surface area contributed by atoms with E-state index in [4.69, 9.17) is 0 Å². The van der Waals surface area contributed by atoms with Gasteiger partial charge in [-0.15, -0.1) is 11.3 Å². The lowest BCUT2D eigenvalue weighted by atomic mass is 10.1. The lowest BCUT2D eigenvalue weighted by Gasteiger charge is -2.38. The third-order valence-corrected chi connectivity index (χ3v) is 4.68. The molecule has 2 atom stereocenters. The number of hydrogen-bond donors (Lipinski definition) is 1. The maximum absolute atomic E-state index is 12.2. The molecule has 100 valence electrons. The molecule has 1 N–H and O–H groups in total. The highest BCUT2D eigenvalue weighted by Crippen LogP contribution is 2.15. The maximum atomic E-state index is 12.2. The lowest BCUT2D eigenvalue weighted by molar-refractivity contribution is -0.134. The van der Waals surface area contributed by atoms with Crippen LogP contribution in [-0.4, -0.2) is 36.0 Å². The molecule has 1 saturated heterocycles. The van der Waals surface area contributed by atoms with Crippen LogP contribution in [0.3, 0.4) is 0 Å². The first-order valence-electron chi connectivity index (χ1n) is 6.73. The second kappa shape index (κ2) is 6.34. The number of carbonyl (C=O) groups is 1. The zero-order valence-electron chi connectivity index (χ0n) is 11.2. The molecule has 0 spiro atoms. The molecular formula is C14H22N2OS. The van der Waals surface area contributed by atoms with Crippen molar-refractivity contribution in [1.29, 1.82) is 0 Å². The Bertz CT molecular complexity index is 377. The van der Waals surface area contributed by atoms with Gasteiger partial charge in [-0.1, -0.05) is 6.07 Å². The fraction of sp³-hybridized carbons (Fsp3) is 0.643. The topological polar surface area (TPSA) is 32.3 Å². The monoisotopic (exact) mass is 266 g/mol. The Labute approximate surface area is 113 Å². The Morgan fingerprint density at radius 1 is 1.56 bits per heavy atom. The van der Waals surface area contributed by atoms with Crippen molar-refractivity contribution < 1.29 is 4.79 Å². The number of aryl methyl sites for hydroxylation is 1. The zero-order valence-corrected chi connectivity index (χ0v) is 12.0. The largest absolute Gasteiger partial charge is 0.337 e. The van der Waals surface area contributed by atoms with Crippen LogP contribution in [0.5, 0.6) is 0 Å². The Morgan fingerprint density at radius 2 is 2.39 bits per heavy atom. The second-order valence-corrected chi connectivity index (χ2v) is 6.04. The Morgan fingerprint density at radius 3 is 3.11 bits per heavy atom. The van der Waals surface area contributed by atoms with Gasteiger partial charge >= 0.3 is 0 Å². The molecule has 1 aliphatic heterocycles. The minimum Gasteiger partial charge on any atom is -0.337 e. The van der Waals surface area contributed by atoms with E-state index in [2.05, 4.69) is 36.7 Å². The molecule has 1 aromatic rings. The molecule has 2 unspecified atom stereocenters. The molecule has 0 bridgehead atoms. The van der Waals surface area contributed by atoms with Crippen LogP contribution < -0.4 is 5.32 Å². The first-order chi connectivity index (χ1) is 8.68. The number of nitrogens with one attached hydrogen (secondary N) is 1. The fourth-order valence-corrected chi connectivity index (χ4v) is 3.17. The van der Waals surface area contributed by atoms with Gasteiger partial charge in [0, 0.05) is 36.5 Å². The van der Waals surface area contributed by atoms with Crippen LogP contribution in [0.1, 0.15) is 31.6 Å². The molecule has 3 nitrogen and oxygen atoms in total. The predicted octanol–water partition coefficient (Wildman–Crippen LogP) is 2.28. The summed E-state index contributed by atoms with van der Waals surface area (Å²) in [6, 6.07) is 4.93. The lowest BCUT2D eigenvalue weighted by Crippen LogP contribution is -2.57. The van der Waals surface area contributed by atoms with E-state index >= 15 is 0 Å². The van der Waals surface area contributed by atoms with Gasteiger partial charge in [-0.3, -0.25) is 4.79 Å². The highest BCUT2D eigenvalue weighted by molar-refractivity contribution is 7.09. The van der Waals surface area contributed by atoms with E-state index in [-0.39, 0.29) is 0 Å². The summed E-state index contributed by atoms with van der Waals surface area (Å²) in [6.07, 6.45) is 2.67. The van der Waals surface area contributed by atoms with Crippen molar-refractivity contribution in [2.75, 3.05) is 13.1 Å². The summed E-state index contributed by atoms with van der Waals surface area (Å²) >= 11 is 1.78. The van der Waals surface area contributed by atoms with E-state index in [1.54, 1.807) is 11.3 Å². The average Bonchev–Trinajstić information content (AvgIpc) is 2.85. The maximum Gasteiger partial charge on any atom is 0.222 e. The Balaban J connectivity index is 1.77. The summed E-state index contributed by atoms with van der Waals surface area (Å²) in [5.41, 5.74) is 0. The minimum absolute atomic E-state index is 0.312. The van der Waals surface area contributed by atoms with E-state index in [1.807, 2.05) is 4.90 Å². The van der Waals surface area contributed by atoms with Crippen LogP contribution in [0.4, 0.5) is 0 Å². The molecule has 0 aliphatic carbocycles. The van der Waals surface area contributed by atoms with Crippen molar-refractivity contribution in [3.05, 3.63) is 22.4 Å². The van der Waals surface area contributed by atoms with E-state index < -0.39 is 0 Å². The fourth-order valence-electron chi connectivity index (χ4n) is 2.42. The molecule has 1 fully saturated rings.